The van der Waals surface area contributed by atoms with Crippen LogP contribution in [-0.4, -0.2) is 40.8 Å². The van der Waals surface area contributed by atoms with Gasteiger partial charge in [0, 0.05) is 37.4 Å². The van der Waals surface area contributed by atoms with Crippen LogP contribution in [-0.2, 0) is 22.4 Å². The van der Waals surface area contributed by atoms with E-state index in [1.807, 2.05) is 25.2 Å². The number of hydrogen-bond donors (Lipinski definition) is 0. The summed E-state index contributed by atoms with van der Waals surface area (Å²) in [5.41, 5.74) is 5.79. The van der Waals surface area contributed by atoms with Crippen LogP contribution < -0.4 is 0 Å². The third kappa shape index (κ3) is 4.28. The fraction of sp³-hybridized carbons (Fsp3) is 0.500. The number of fused-ring (bicyclic) bond motifs is 1. The lowest BCUT2D eigenvalue weighted by Crippen LogP contribution is -2.37. The second kappa shape index (κ2) is 7.43. The van der Waals surface area contributed by atoms with Gasteiger partial charge in [0.25, 0.3) is 0 Å². The van der Waals surface area contributed by atoms with E-state index in [2.05, 4.69) is 0 Å². The highest BCUT2D eigenvalue weighted by Gasteiger charge is 2.34. The molecule has 0 N–H and O–H groups in total. The molecule has 4 rings (SSSR count). The predicted octanol–water partition coefficient (Wildman–Crippen LogP) is 4.05. The van der Waals surface area contributed by atoms with Crippen LogP contribution in [0.1, 0.15) is 53.8 Å². The average molecular weight is 404 g/mol. The first-order valence-electron chi connectivity index (χ1n) is 9.98. The summed E-state index contributed by atoms with van der Waals surface area (Å²) in [6.45, 7) is 2.39. The van der Waals surface area contributed by atoms with Crippen molar-refractivity contribution in [3.63, 3.8) is 0 Å². The zero-order valence-corrected chi connectivity index (χ0v) is 16.3. The van der Waals surface area contributed by atoms with Crippen LogP contribution in [0, 0.1) is 12.8 Å². The highest BCUT2D eigenvalue weighted by molar-refractivity contribution is 5.87. The Kier molecular flexibility index (Phi) is 5.09. The number of hydrogen-bond acceptors (Lipinski definition) is 3. The van der Waals surface area contributed by atoms with E-state index in [-0.39, 0.29) is 24.8 Å². The Morgan fingerprint density at radius 2 is 2.03 bits per heavy atom. The molecular formula is C22H23F3N2O2. The number of rotatable bonds is 5. The number of amides is 1. The van der Waals surface area contributed by atoms with E-state index >= 15 is 0 Å². The molecule has 1 aromatic rings. The van der Waals surface area contributed by atoms with Crippen molar-refractivity contribution in [2.45, 2.75) is 51.6 Å². The summed E-state index contributed by atoms with van der Waals surface area (Å²) >= 11 is 0. The molecule has 1 saturated carbocycles. The summed E-state index contributed by atoms with van der Waals surface area (Å²) in [5.74, 6) is -0.479. The maximum atomic E-state index is 12.5. The van der Waals surface area contributed by atoms with Crippen molar-refractivity contribution >= 4 is 23.3 Å². The number of alkyl halides is 3. The molecule has 4 nitrogen and oxygen atoms in total. The van der Waals surface area contributed by atoms with Crippen LogP contribution in [0.4, 0.5) is 13.2 Å². The summed E-state index contributed by atoms with van der Waals surface area (Å²) in [6, 6.07) is 0. The molecule has 7 heteroatoms. The number of carbonyl (C=O) groups is 2. The summed E-state index contributed by atoms with van der Waals surface area (Å²) in [7, 11) is 0. The molecule has 3 aliphatic rings. The Labute approximate surface area is 167 Å². The molecule has 154 valence electrons. The van der Waals surface area contributed by atoms with Crippen LogP contribution in [0.3, 0.4) is 0 Å². The maximum absolute atomic E-state index is 12.5. The molecule has 1 aromatic heterocycles. The van der Waals surface area contributed by atoms with Crippen molar-refractivity contribution in [2.24, 2.45) is 5.92 Å². The van der Waals surface area contributed by atoms with E-state index in [1.54, 1.807) is 0 Å². The van der Waals surface area contributed by atoms with Crippen molar-refractivity contribution in [2.75, 3.05) is 13.1 Å². The smallest absolute Gasteiger partial charge is 0.338 e. The molecule has 1 aliphatic heterocycles. The molecule has 2 aliphatic carbocycles. The van der Waals surface area contributed by atoms with Gasteiger partial charge in [0.2, 0.25) is 5.91 Å². The lowest BCUT2D eigenvalue weighted by molar-refractivity contribution is -0.161. The van der Waals surface area contributed by atoms with Crippen LogP contribution in [0.2, 0.25) is 0 Å². The van der Waals surface area contributed by atoms with Crippen molar-refractivity contribution in [3.05, 3.63) is 40.2 Å². The first-order chi connectivity index (χ1) is 13.7. The second-order valence-corrected chi connectivity index (χ2v) is 8.05. The molecule has 0 saturated heterocycles. The fourth-order valence-electron chi connectivity index (χ4n) is 4.13. The molecule has 0 aromatic carbocycles. The summed E-state index contributed by atoms with van der Waals surface area (Å²) < 4.78 is 37.5. The molecule has 0 atom stereocenters. The molecule has 1 fully saturated rings. The largest absolute Gasteiger partial charge is 0.397 e. The Hall–Kier alpha value is -2.44. The molecule has 0 radical (unpaired) electrons. The quantitative estimate of drug-likeness (QED) is 0.744. The third-order valence-electron chi connectivity index (χ3n) is 5.86. The Morgan fingerprint density at radius 1 is 1.28 bits per heavy atom. The Bertz CT molecular complexity index is 927. The van der Waals surface area contributed by atoms with Gasteiger partial charge >= 0.3 is 6.18 Å². The van der Waals surface area contributed by atoms with Crippen molar-refractivity contribution in [1.82, 2.24) is 9.88 Å². The number of Topliss-reactive ketones (excluding diaryl/α,β-unsaturated/α-hetero) is 1. The zero-order chi connectivity index (χ0) is 20.8. The molecule has 29 heavy (non-hydrogen) atoms. The Morgan fingerprint density at radius 3 is 2.66 bits per heavy atom. The monoisotopic (exact) mass is 404 g/mol. The van der Waals surface area contributed by atoms with Crippen LogP contribution >= 0.6 is 0 Å². The Balaban J connectivity index is 1.59. The minimum absolute atomic E-state index is 0.167. The lowest BCUT2D eigenvalue weighted by Gasteiger charge is -2.28. The first kappa shape index (κ1) is 19.9. The second-order valence-electron chi connectivity index (χ2n) is 8.05. The van der Waals surface area contributed by atoms with Gasteiger partial charge < -0.3 is 4.90 Å². The number of halogens is 3. The van der Waals surface area contributed by atoms with Gasteiger partial charge in [0.15, 0.2) is 0 Å². The average Bonchev–Trinajstić information content (AvgIpc) is 3.41. The SMILES string of the molecule is Cc1c(CC(=O)C2CC2)nc2c(c1C1=CCN(C(=O)CC(F)(F)F)CC1)C=CC2. The first-order valence-corrected chi connectivity index (χ1v) is 9.98. The molecule has 0 unspecified atom stereocenters. The fourth-order valence-corrected chi connectivity index (χ4v) is 4.13. The zero-order valence-electron chi connectivity index (χ0n) is 16.3. The van der Waals surface area contributed by atoms with Gasteiger partial charge in [-0.15, -0.1) is 0 Å². The molecular weight excluding hydrogens is 381 g/mol. The highest BCUT2D eigenvalue weighted by atomic mass is 19.4. The number of allylic oxidation sites excluding steroid dienone is 1. The van der Waals surface area contributed by atoms with Gasteiger partial charge in [-0.3, -0.25) is 14.6 Å². The van der Waals surface area contributed by atoms with Crippen LogP contribution in [0.25, 0.3) is 11.6 Å². The van der Waals surface area contributed by atoms with Crippen molar-refractivity contribution in [1.29, 1.82) is 0 Å². The topological polar surface area (TPSA) is 50.3 Å². The number of aromatic nitrogens is 1. The standard InChI is InChI=1S/C22H23F3N2O2/c1-13-18(11-19(28)14-5-6-14)26-17-4-2-3-16(17)21(13)15-7-9-27(10-8-15)20(29)12-22(23,24)25/h2-3,7,14H,4-6,8-12H2,1H3. The van der Waals surface area contributed by atoms with E-state index in [4.69, 9.17) is 4.98 Å². The molecule has 2 heterocycles. The minimum atomic E-state index is -4.49. The number of ketones is 1. The normalized spacial score (nSPS) is 18.6. The van der Waals surface area contributed by atoms with E-state index < -0.39 is 18.5 Å². The summed E-state index contributed by atoms with van der Waals surface area (Å²) in [6.07, 6.45) is 3.47. The van der Waals surface area contributed by atoms with Gasteiger partial charge in [-0.05, 0) is 42.9 Å². The van der Waals surface area contributed by atoms with Gasteiger partial charge in [-0.1, -0.05) is 18.2 Å². The van der Waals surface area contributed by atoms with Crippen LogP contribution in [0.5, 0.6) is 0 Å². The van der Waals surface area contributed by atoms with E-state index in [0.717, 1.165) is 52.9 Å². The van der Waals surface area contributed by atoms with E-state index in [0.29, 0.717) is 12.8 Å². The summed E-state index contributed by atoms with van der Waals surface area (Å²) in [4.78, 5) is 30.2. The lowest BCUT2D eigenvalue weighted by atomic mass is 9.89. The van der Waals surface area contributed by atoms with E-state index in [1.165, 1.54) is 4.90 Å². The van der Waals surface area contributed by atoms with Crippen molar-refractivity contribution in [3.8, 4) is 0 Å². The number of nitrogens with zero attached hydrogens (tertiary/aromatic N) is 2. The third-order valence-corrected chi connectivity index (χ3v) is 5.86. The van der Waals surface area contributed by atoms with Gasteiger partial charge in [0.1, 0.15) is 12.2 Å². The van der Waals surface area contributed by atoms with Gasteiger partial charge in [-0.25, -0.2) is 0 Å². The van der Waals surface area contributed by atoms with Gasteiger partial charge in [-0.2, -0.15) is 13.2 Å². The van der Waals surface area contributed by atoms with Crippen molar-refractivity contribution < 1.29 is 22.8 Å². The molecule has 0 spiro atoms. The number of carbonyl (C=O) groups excluding carboxylic acids is 2. The van der Waals surface area contributed by atoms with E-state index in [9.17, 15) is 22.8 Å². The van der Waals surface area contributed by atoms with Crippen LogP contribution in [0.15, 0.2) is 12.2 Å². The summed E-state index contributed by atoms with van der Waals surface area (Å²) in [5, 5.41) is 0. The predicted molar refractivity (Wildman–Crippen MR) is 103 cm³/mol. The highest BCUT2D eigenvalue weighted by Crippen LogP contribution is 2.36. The minimum Gasteiger partial charge on any atom is -0.338 e. The number of pyridine rings is 1. The molecule has 0 bridgehead atoms. The molecule has 1 amide bonds. The maximum Gasteiger partial charge on any atom is 0.397 e. The van der Waals surface area contributed by atoms with Gasteiger partial charge in [0.05, 0.1) is 11.4 Å².